The van der Waals surface area contributed by atoms with Crippen LogP contribution in [-0.2, 0) is 11.3 Å². The van der Waals surface area contributed by atoms with Crippen LogP contribution in [0.5, 0.6) is 6.01 Å². The molecule has 6 rings (SSSR count). The lowest BCUT2D eigenvalue weighted by Gasteiger charge is -2.34. The molecule has 10 nitrogen and oxygen atoms in total. The van der Waals surface area contributed by atoms with Gasteiger partial charge in [0.05, 0.1) is 29.7 Å². The van der Waals surface area contributed by atoms with Gasteiger partial charge < -0.3 is 30.0 Å². The number of nitriles is 1. The molecular formula is C26H25F2N7O3S. The zero-order valence-corrected chi connectivity index (χ0v) is 22.1. The van der Waals surface area contributed by atoms with E-state index in [0.717, 1.165) is 24.2 Å². The molecule has 0 radical (unpaired) electrons. The predicted molar refractivity (Wildman–Crippen MR) is 144 cm³/mol. The molecular weight excluding hydrogens is 528 g/mol. The van der Waals surface area contributed by atoms with Crippen molar-refractivity contribution < 1.29 is 18.3 Å². The third-order valence-electron chi connectivity index (χ3n) is 7.42. The zero-order valence-electron chi connectivity index (χ0n) is 21.3. The fraction of sp³-hybridized carbons (Fsp3) is 0.385. The molecule has 3 aromatic heterocycles. The predicted octanol–water partition coefficient (Wildman–Crippen LogP) is 3.00. The van der Waals surface area contributed by atoms with Gasteiger partial charge in [-0.2, -0.15) is 15.2 Å². The summed E-state index contributed by atoms with van der Waals surface area (Å²) in [6.45, 7) is 1.30. The lowest BCUT2D eigenvalue weighted by atomic mass is 10.0. The molecule has 0 amide bonds. The summed E-state index contributed by atoms with van der Waals surface area (Å²) < 4.78 is 43.4. The molecule has 3 N–H and O–H groups in total. The summed E-state index contributed by atoms with van der Waals surface area (Å²) in [6.07, 6.45) is 2.01. The summed E-state index contributed by atoms with van der Waals surface area (Å²) in [5, 5.41) is 13.6. The Morgan fingerprint density at radius 3 is 2.62 bits per heavy atom. The van der Waals surface area contributed by atoms with Crippen molar-refractivity contribution in [3.8, 4) is 23.3 Å². The van der Waals surface area contributed by atoms with Gasteiger partial charge in [0.2, 0.25) is 0 Å². The van der Waals surface area contributed by atoms with Gasteiger partial charge in [-0.05, 0) is 25.0 Å². The Bertz CT molecular complexity index is 1720. The molecule has 202 valence electrons. The molecule has 5 heterocycles. The van der Waals surface area contributed by atoms with Gasteiger partial charge in [0, 0.05) is 49.8 Å². The molecule has 4 aromatic rings. The first-order valence-electron chi connectivity index (χ1n) is 12.4. The van der Waals surface area contributed by atoms with Crippen molar-refractivity contribution >= 4 is 43.1 Å². The fourth-order valence-corrected chi connectivity index (χ4v) is 6.65. The van der Waals surface area contributed by atoms with Crippen LogP contribution in [0.2, 0.25) is 0 Å². The number of nitrogen functional groups attached to an aromatic ring is 1. The number of methoxy groups -OCH3 is 2. The normalized spacial score (nSPS) is 18.7. The van der Waals surface area contributed by atoms with E-state index in [9.17, 15) is 14.4 Å². The van der Waals surface area contributed by atoms with E-state index in [1.54, 1.807) is 0 Å². The number of rotatable bonds is 6. The minimum Gasteiger partial charge on any atom is -0.467 e. The molecule has 1 aromatic carbocycles. The van der Waals surface area contributed by atoms with E-state index in [1.165, 1.54) is 30.9 Å². The second-order valence-corrected chi connectivity index (χ2v) is 10.7. The minimum absolute atomic E-state index is 0.00379. The molecule has 39 heavy (non-hydrogen) atoms. The maximum absolute atomic E-state index is 16.7. The van der Waals surface area contributed by atoms with Crippen molar-refractivity contribution in [1.82, 2.24) is 19.9 Å². The Morgan fingerprint density at radius 2 is 1.95 bits per heavy atom. The van der Waals surface area contributed by atoms with E-state index in [-0.39, 0.29) is 74.1 Å². The largest absolute Gasteiger partial charge is 0.467 e. The van der Waals surface area contributed by atoms with Gasteiger partial charge in [0.15, 0.2) is 5.82 Å². The van der Waals surface area contributed by atoms with Crippen molar-refractivity contribution in [3.05, 3.63) is 39.7 Å². The number of halogens is 2. The Kier molecular flexibility index (Phi) is 6.33. The Morgan fingerprint density at radius 1 is 1.21 bits per heavy atom. The number of ether oxygens (including phenoxy) is 2. The van der Waals surface area contributed by atoms with Gasteiger partial charge in [0.25, 0.3) is 5.56 Å². The van der Waals surface area contributed by atoms with Gasteiger partial charge in [-0.3, -0.25) is 4.79 Å². The summed E-state index contributed by atoms with van der Waals surface area (Å²) in [4.78, 5) is 24.9. The summed E-state index contributed by atoms with van der Waals surface area (Å²) in [6, 6.07) is 4.92. The fourth-order valence-electron chi connectivity index (χ4n) is 5.70. The summed E-state index contributed by atoms with van der Waals surface area (Å²) in [7, 11) is 2.85. The van der Waals surface area contributed by atoms with Gasteiger partial charge in [-0.15, -0.1) is 11.3 Å². The average molecular weight is 554 g/mol. The summed E-state index contributed by atoms with van der Waals surface area (Å²) in [5.41, 5.74) is 5.32. The van der Waals surface area contributed by atoms with Crippen LogP contribution in [0.25, 0.3) is 32.2 Å². The number of aromatic nitrogens is 3. The standard InChI is InChI=1S/C26H25F2N7O3S/c1-37-8-7-35-21(14-5-6-16(27)22-17(14)15(9-29)23(30)39-22)19(28)20-18(25(35)36)24(33-26(32-20)38-2)34-10-12-3-4-13(11-34)31-12/h5-6,12-13,31H,3-4,7-8,10-11,30H2,1-2H3. The highest BCUT2D eigenvalue weighted by Crippen LogP contribution is 2.42. The lowest BCUT2D eigenvalue weighted by Crippen LogP contribution is -2.51. The van der Waals surface area contributed by atoms with Crippen LogP contribution in [0.4, 0.5) is 19.6 Å². The first-order chi connectivity index (χ1) is 18.9. The van der Waals surface area contributed by atoms with Crippen molar-refractivity contribution in [2.75, 3.05) is 44.5 Å². The molecule has 13 heteroatoms. The van der Waals surface area contributed by atoms with Crippen molar-refractivity contribution in [1.29, 1.82) is 5.26 Å². The highest BCUT2D eigenvalue weighted by molar-refractivity contribution is 7.23. The third-order valence-corrected chi connectivity index (χ3v) is 8.44. The number of hydrogen-bond donors (Lipinski definition) is 2. The maximum Gasteiger partial charge on any atom is 0.318 e. The van der Waals surface area contributed by atoms with E-state index >= 15 is 4.39 Å². The Balaban J connectivity index is 1.70. The van der Waals surface area contributed by atoms with Crippen LogP contribution in [0.3, 0.4) is 0 Å². The molecule has 2 unspecified atom stereocenters. The zero-order chi connectivity index (χ0) is 27.4. The number of fused-ring (bicyclic) bond motifs is 4. The quantitative estimate of drug-likeness (QED) is 0.370. The monoisotopic (exact) mass is 553 g/mol. The number of piperazine rings is 1. The van der Waals surface area contributed by atoms with Crippen LogP contribution in [0.15, 0.2) is 16.9 Å². The number of thiophene rings is 1. The summed E-state index contributed by atoms with van der Waals surface area (Å²) >= 11 is 0.897. The van der Waals surface area contributed by atoms with E-state index in [4.69, 9.17) is 15.2 Å². The molecule has 2 aliphatic heterocycles. The number of benzene rings is 1. The van der Waals surface area contributed by atoms with Crippen LogP contribution in [-0.4, -0.2) is 60.5 Å². The number of anilines is 2. The van der Waals surface area contributed by atoms with Gasteiger partial charge in [0.1, 0.15) is 33.6 Å². The van der Waals surface area contributed by atoms with E-state index in [0.29, 0.717) is 18.9 Å². The Labute approximate surface area is 225 Å². The molecule has 2 bridgehead atoms. The van der Waals surface area contributed by atoms with Crippen molar-refractivity contribution in [2.24, 2.45) is 0 Å². The lowest BCUT2D eigenvalue weighted by molar-refractivity contribution is 0.186. The Hall–Kier alpha value is -3.86. The molecule has 2 fully saturated rings. The first-order valence-corrected chi connectivity index (χ1v) is 13.3. The summed E-state index contributed by atoms with van der Waals surface area (Å²) in [5.74, 6) is -1.11. The first kappa shape index (κ1) is 25.4. The number of pyridine rings is 1. The second-order valence-electron chi connectivity index (χ2n) is 9.66. The van der Waals surface area contributed by atoms with Crippen LogP contribution >= 0.6 is 11.3 Å². The number of nitrogens with zero attached hydrogens (tertiary/aromatic N) is 5. The number of nitrogens with one attached hydrogen (secondary N) is 1. The highest BCUT2D eigenvalue weighted by atomic mass is 32.1. The topological polar surface area (TPSA) is 131 Å². The number of hydrogen-bond acceptors (Lipinski definition) is 10. The molecule has 2 aliphatic rings. The van der Waals surface area contributed by atoms with Crippen LogP contribution in [0, 0.1) is 23.0 Å². The maximum atomic E-state index is 16.7. The van der Waals surface area contributed by atoms with Crippen molar-refractivity contribution in [3.63, 3.8) is 0 Å². The van der Waals surface area contributed by atoms with Gasteiger partial charge >= 0.3 is 6.01 Å². The van der Waals surface area contributed by atoms with Crippen molar-refractivity contribution in [2.45, 2.75) is 31.5 Å². The third kappa shape index (κ3) is 3.98. The molecule has 2 saturated heterocycles. The molecule has 0 spiro atoms. The SMILES string of the molecule is COCCn1c(-c2ccc(F)c3sc(N)c(C#N)c23)c(F)c2nc(OC)nc(N3CC4CCC(C3)N4)c2c1=O. The molecule has 0 saturated carbocycles. The van der Waals surface area contributed by atoms with E-state index in [2.05, 4.69) is 15.3 Å². The number of nitrogens with two attached hydrogens (primary N) is 1. The van der Waals surface area contributed by atoms with E-state index < -0.39 is 17.2 Å². The minimum atomic E-state index is -0.817. The van der Waals surface area contributed by atoms with Crippen LogP contribution < -0.4 is 26.2 Å². The highest BCUT2D eigenvalue weighted by Gasteiger charge is 2.35. The van der Waals surface area contributed by atoms with Crippen LogP contribution in [0.1, 0.15) is 18.4 Å². The van der Waals surface area contributed by atoms with Gasteiger partial charge in [-0.1, -0.05) is 0 Å². The molecule has 0 aliphatic carbocycles. The second kappa shape index (κ2) is 9.71. The average Bonchev–Trinajstić information content (AvgIpc) is 3.47. The van der Waals surface area contributed by atoms with Gasteiger partial charge in [-0.25, -0.2) is 8.78 Å². The smallest absolute Gasteiger partial charge is 0.318 e. The van der Waals surface area contributed by atoms with E-state index in [1.807, 2.05) is 11.0 Å². The molecule has 2 atom stereocenters.